The number of anilines is 2. The molecule has 0 saturated carbocycles. The molecule has 6 nitrogen and oxygen atoms in total. The number of hydrogen-bond acceptors (Lipinski definition) is 3. The van der Waals surface area contributed by atoms with Gasteiger partial charge in [-0.25, -0.2) is 8.42 Å². The zero-order valence-electron chi connectivity index (χ0n) is 16.7. The molecule has 3 aromatic carbocycles. The van der Waals surface area contributed by atoms with Crippen LogP contribution in [-0.2, 0) is 16.4 Å². The fourth-order valence-electron chi connectivity index (χ4n) is 4.01. The van der Waals surface area contributed by atoms with Crippen molar-refractivity contribution in [1.29, 1.82) is 0 Å². The number of carbonyl (C=O) groups is 1. The van der Waals surface area contributed by atoms with Gasteiger partial charge in [-0.05, 0) is 66.9 Å². The highest BCUT2D eigenvalue weighted by Crippen LogP contribution is 2.32. The van der Waals surface area contributed by atoms with Crippen LogP contribution in [0.2, 0.25) is 0 Å². The molecule has 2 heterocycles. The van der Waals surface area contributed by atoms with Crippen LogP contribution in [0.1, 0.15) is 22.3 Å². The van der Waals surface area contributed by atoms with Crippen molar-refractivity contribution in [2.24, 2.45) is 0 Å². The highest BCUT2D eigenvalue weighted by Gasteiger charge is 2.29. The molecule has 0 fully saturated rings. The number of aromatic nitrogens is 1. The molecule has 1 aromatic heterocycles. The summed E-state index contributed by atoms with van der Waals surface area (Å²) in [5.74, 6) is -0.356. The van der Waals surface area contributed by atoms with Gasteiger partial charge in [-0.3, -0.25) is 9.10 Å². The largest absolute Gasteiger partial charge is 0.361 e. The number of H-pyrrole nitrogens is 1. The van der Waals surface area contributed by atoms with Crippen LogP contribution in [0.5, 0.6) is 0 Å². The molecule has 1 aliphatic heterocycles. The molecule has 5 rings (SSSR count). The molecule has 0 atom stereocenters. The van der Waals surface area contributed by atoms with Crippen LogP contribution >= 0.6 is 0 Å². The molecule has 7 heteroatoms. The number of rotatable bonds is 4. The third-order valence-electron chi connectivity index (χ3n) is 5.56. The van der Waals surface area contributed by atoms with Gasteiger partial charge in [-0.1, -0.05) is 24.3 Å². The zero-order chi connectivity index (χ0) is 21.4. The minimum Gasteiger partial charge on any atom is -0.361 e. The van der Waals surface area contributed by atoms with Crippen molar-refractivity contribution in [3.63, 3.8) is 0 Å². The van der Waals surface area contributed by atoms with Gasteiger partial charge in [-0.15, -0.1) is 0 Å². The Morgan fingerprint density at radius 3 is 2.74 bits per heavy atom. The second kappa shape index (κ2) is 7.59. The summed E-state index contributed by atoms with van der Waals surface area (Å²) in [6.07, 6.45) is 3.46. The summed E-state index contributed by atoms with van der Waals surface area (Å²) >= 11 is 0. The highest BCUT2D eigenvalue weighted by atomic mass is 32.2. The van der Waals surface area contributed by atoms with Gasteiger partial charge in [0.25, 0.3) is 15.9 Å². The molecule has 0 spiro atoms. The van der Waals surface area contributed by atoms with Crippen molar-refractivity contribution < 1.29 is 13.2 Å². The SMILES string of the molecule is O=C(Nc1ccc2[nH]ccc2c1)c1cccc(S(=O)(=O)N2CCCc3ccccc32)c1. The van der Waals surface area contributed by atoms with E-state index in [1.165, 1.54) is 16.4 Å². The number of para-hydroxylation sites is 1. The summed E-state index contributed by atoms with van der Waals surface area (Å²) in [6.45, 7) is 0.423. The maximum atomic E-state index is 13.4. The van der Waals surface area contributed by atoms with E-state index >= 15 is 0 Å². The Kier molecular flexibility index (Phi) is 4.75. The molecule has 1 aliphatic rings. The summed E-state index contributed by atoms with van der Waals surface area (Å²) in [4.78, 5) is 16.0. The summed E-state index contributed by atoms with van der Waals surface area (Å²) in [5.41, 5.74) is 3.65. The Morgan fingerprint density at radius 2 is 1.84 bits per heavy atom. The Morgan fingerprint density at radius 1 is 0.968 bits per heavy atom. The lowest BCUT2D eigenvalue weighted by Gasteiger charge is -2.30. The first-order valence-electron chi connectivity index (χ1n) is 10.1. The number of fused-ring (bicyclic) bond motifs is 2. The molecule has 2 N–H and O–H groups in total. The quantitative estimate of drug-likeness (QED) is 0.497. The number of amides is 1. The van der Waals surface area contributed by atoms with Crippen molar-refractivity contribution in [2.45, 2.75) is 17.7 Å². The van der Waals surface area contributed by atoms with Gasteiger partial charge in [0.15, 0.2) is 0 Å². The van der Waals surface area contributed by atoms with Gasteiger partial charge in [0.05, 0.1) is 10.6 Å². The van der Waals surface area contributed by atoms with E-state index in [4.69, 9.17) is 0 Å². The number of aryl methyl sites for hydroxylation is 1. The van der Waals surface area contributed by atoms with Gasteiger partial charge >= 0.3 is 0 Å². The number of hydrogen-bond donors (Lipinski definition) is 2. The molecule has 1 amide bonds. The second-order valence-corrected chi connectivity index (χ2v) is 9.43. The van der Waals surface area contributed by atoms with Crippen LogP contribution in [0.25, 0.3) is 10.9 Å². The summed E-state index contributed by atoms with van der Waals surface area (Å²) in [5, 5.41) is 3.84. The predicted molar refractivity (Wildman–Crippen MR) is 122 cm³/mol. The van der Waals surface area contributed by atoms with Gasteiger partial charge in [-0.2, -0.15) is 0 Å². The van der Waals surface area contributed by atoms with Crippen molar-refractivity contribution in [3.8, 4) is 0 Å². The van der Waals surface area contributed by atoms with E-state index in [9.17, 15) is 13.2 Å². The molecule has 31 heavy (non-hydrogen) atoms. The molecule has 0 unspecified atom stereocenters. The number of carbonyl (C=O) groups excluding carboxylic acids is 1. The molecule has 0 bridgehead atoms. The third-order valence-corrected chi connectivity index (χ3v) is 7.37. The lowest BCUT2D eigenvalue weighted by Crippen LogP contribution is -2.35. The number of nitrogens with one attached hydrogen (secondary N) is 2. The van der Waals surface area contributed by atoms with Crippen molar-refractivity contribution >= 4 is 38.2 Å². The van der Waals surface area contributed by atoms with E-state index in [1.807, 2.05) is 54.7 Å². The smallest absolute Gasteiger partial charge is 0.264 e. The molecule has 156 valence electrons. The summed E-state index contributed by atoms with van der Waals surface area (Å²) in [7, 11) is -3.78. The average Bonchev–Trinajstić information content (AvgIpc) is 3.26. The van der Waals surface area contributed by atoms with Gasteiger partial charge in [0, 0.05) is 34.9 Å². The van der Waals surface area contributed by atoms with Gasteiger partial charge in [0.2, 0.25) is 0 Å². The van der Waals surface area contributed by atoms with Crippen LogP contribution in [0.15, 0.2) is 83.9 Å². The molecular formula is C24H21N3O3S. The monoisotopic (exact) mass is 431 g/mol. The Balaban J connectivity index is 1.44. The van der Waals surface area contributed by atoms with Crippen molar-refractivity contribution in [2.75, 3.05) is 16.2 Å². The van der Waals surface area contributed by atoms with E-state index in [-0.39, 0.29) is 10.8 Å². The third kappa shape index (κ3) is 3.57. The Hall–Kier alpha value is -3.58. The minimum atomic E-state index is -3.78. The van der Waals surface area contributed by atoms with Crippen LogP contribution in [-0.4, -0.2) is 25.9 Å². The van der Waals surface area contributed by atoms with E-state index in [1.54, 1.807) is 12.1 Å². The fourth-order valence-corrected chi connectivity index (χ4v) is 5.60. The maximum Gasteiger partial charge on any atom is 0.264 e. The highest BCUT2D eigenvalue weighted by molar-refractivity contribution is 7.92. The van der Waals surface area contributed by atoms with Crippen molar-refractivity contribution in [3.05, 3.63) is 90.1 Å². The normalized spacial score (nSPS) is 13.7. The Bertz CT molecular complexity index is 1390. The molecular weight excluding hydrogens is 410 g/mol. The standard InChI is InChI=1S/C24H21N3O3S/c28-24(26-20-10-11-22-18(15-20)12-13-25-22)19-6-3-8-21(16-19)31(29,30)27-14-4-7-17-5-1-2-9-23(17)27/h1-3,5-6,8-13,15-16,25H,4,7,14H2,(H,26,28). The van der Waals surface area contributed by atoms with Crippen LogP contribution < -0.4 is 9.62 Å². The van der Waals surface area contributed by atoms with Crippen LogP contribution in [0.3, 0.4) is 0 Å². The summed E-state index contributed by atoms with van der Waals surface area (Å²) < 4.78 is 28.2. The fraction of sp³-hybridized carbons (Fsp3) is 0.125. The maximum absolute atomic E-state index is 13.4. The first kappa shape index (κ1) is 19.4. The van der Waals surface area contributed by atoms with E-state index in [2.05, 4.69) is 10.3 Å². The first-order chi connectivity index (χ1) is 15.0. The molecule has 4 aromatic rings. The van der Waals surface area contributed by atoms with E-state index in [0.29, 0.717) is 23.5 Å². The molecule has 0 saturated heterocycles. The minimum absolute atomic E-state index is 0.109. The van der Waals surface area contributed by atoms with E-state index in [0.717, 1.165) is 29.3 Å². The van der Waals surface area contributed by atoms with Gasteiger partial charge in [0.1, 0.15) is 0 Å². The predicted octanol–water partition coefficient (Wildman–Crippen LogP) is 4.56. The number of nitrogens with zero attached hydrogens (tertiary/aromatic N) is 1. The lowest BCUT2D eigenvalue weighted by atomic mass is 10.0. The summed E-state index contributed by atoms with van der Waals surface area (Å²) in [6, 6.07) is 21.3. The molecule has 0 aliphatic carbocycles. The zero-order valence-corrected chi connectivity index (χ0v) is 17.5. The number of sulfonamides is 1. The van der Waals surface area contributed by atoms with E-state index < -0.39 is 10.0 Å². The second-order valence-electron chi connectivity index (χ2n) is 7.57. The van der Waals surface area contributed by atoms with Crippen LogP contribution in [0.4, 0.5) is 11.4 Å². The van der Waals surface area contributed by atoms with Gasteiger partial charge < -0.3 is 10.3 Å². The first-order valence-corrected chi connectivity index (χ1v) is 11.6. The molecule has 0 radical (unpaired) electrons. The average molecular weight is 432 g/mol. The lowest BCUT2D eigenvalue weighted by molar-refractivity contribution is 0.102. The topological polar surface area (TPSA) is 82.3 Å². The van der Waals surface area contributed by atoms with Crippen LogP contribution in [0, 0.1) is 0 Å². The number of benzene rings is 3. The number of aromatic amines is 1. The Labute approximate surface area is 180 Å². The van der Waals surface area contributed by atoms with Crippen molar-refractivity contribution in [1.82, 2.24) is 4.98 Å².